The van der Waals surface area contributed by atoms with Gasteiger partial charge in [0, 0.05) is 18.5 Å². The average Bonchev–Trinajstić information content (AvgIpc) is 3.35. The highest BCUT2D eigenvalue weighted by molar-refractivity contribution is 5.91. The summed E-state index contributed by atoms with van der Waals surface area (Å²) in [5.41, 5.74) is 3.54. The van der Waals surface area contributed by atoms with Crippen LogP contribution in [-0.4, -0.2) is 28.4 Å². The third kappa shape index (κ3) is 2.48. The van der Waals surface area contributed by atoms with E-state index < -0.39 is 5.97 Å². The van der Waals surface area contributed by atoms with E-state index in [1.807, 2.05) is 11.0 Å². The molecule has 1 saturated carbocycles. The monoisotopic (exact) mass is 321 g/mol. The zero-order chi connectivity index (χ0) is 16.7. The largest absolute Gasteiger partial charge is 0.478 e. The number of nitrogens with zero attached hydrogens (tertiary/aromatic N) is 1. The number of aromatic carboxylic acids is 1. The number of carboxylic acids is 1. The van der Waals surface area contributed by atoms with Crippen molar-refractivity contribution in [3.05, 3.63) is 70.8 Å². The number of hydrogen-bond donors (Lipinski definition) is 1. The fourth-order valence-electron chi connectivity index (χ4n) is 3.80. The SMILES string of the molecule is O=C(O)c1ccccc1CC(=O)N1Cc2ccccc2C2(CC2)C1. The van der Waals surface area contributed by atoms with Crippen molar-refractivity contribution in [3.63, 3.8) is 0 Å². The molecule has 0 aromatic heterocycles. The van der Waals surface area contributed by atoms with Crippen molar-refractivity contribution in [2.24, 2.45) is 0 Å². The number of carbonyl (C=O) groups is 2. The van der Waals surface area contributed by atoms with Crippen molar-refractivity contribution in [3.8, 4) is 0 Å². The minimum Gasteiger partial charge on any atom is -0.478 e. The van der Waals surface area contributed by atoms with Gasteiger partial charge in [-0.15, -0.1) is 0 Å². The molecule has 1 fully saturated rings. The summed E-state index contributed by atoms with van der Waals surface area (Å²) in [5, 5.41) is 9.29. The van der Waals surface area contributed by atoms with Gasteiger partial charge in [0.05, 0.1) is 12.0 Å². The van der Waals surface area contributed by atoms with Crippen LogP contribution in [0.5, 0.6) is 0 Å². The van der Waals surface area contributed by atoms with Gasteiger partial charge in [0.2, 0.25) is 5.91 Å². The molecule has 4 rings (SSSR count). The molecule has 0 saturated heterocycles. The van der Waals surface area contributed by atoms with Gasteiger partial charge in [0.25, 0.3) is 0 Å². The van der Waals surface area contributed by atoms with Crippen molar-refractivity contribution < 1.29 is 14.7 Å². The summed E-state index contributed by atoms with van der Waals surface area (Å²) >= 11 is 0. The van der Waals surface area contributed by atoms with Crippen LogP contribution in [0.1, 0.15) is 39.9 Å². The van der Waals surface area contributed by atoms with E-state index in [4.69, 9.17) is 0 Å². The summed E-state index contributed by atoms with van der Waals surface area (Å²) in [4.78, 5) is 26.0. The van der Waals surface area contributed by atoms with Crippen LogP contribution < -0.4 is 0 Å². The summed E-state index contributed by atoms with van der Waals surface area (Å²) < 4.78 is 0. The summed E-state index contributed by atoms with van der Waals surface area (Å²) in [6, 6.07) is 15.1. The minimum absolute atomic E-state index is 0.00415. The van der Waals surface area contributed by atoms with Crippen LogP contribution in [0, 0.1) is 0 Å². The average molecular weight is 321 g/mol. The lowest BCUT2D eigenvalue weighted by Crippen LogP contribution is -2.42. The van der Waals surface area contributed by atoms with Crippen LogP contribution in [0.2, 0.25) is 0 Å². The van der Waals surface area contributed by atoms with Crippen LogP contribution in [0.15, 0.2) is 48.5 Å². The molecule has 2 aromatic carbocycles. The Morgan fingerprint density at radius 3 is 2.50 bits per heavy atom. The first-order valence-corrected chi connectivity index (χ1v) is 8.26. The second kappa shape index (κ2) is 5.48. The number of hydrogen-bond acceptors (Lipinski definition) is 2. The Morgan fingerprint density at radius 2 is 1.75 bits per heavy atom. The van der Waals surface area contributed by atoms with Gasteiger partial charge in [-0.1, -0.05) is 42.5 Å². The van der Waals surface area contributed by atoms with Gasteiger partial charge in [-0.25, -0.2) is 4.79 Å². The van der Waals surface area contributed by atoms with E-state index in [1.165, 1.54) is 11.1 Å². The lowest BCUT2D eigenvalue weighted by Gasteiger charge is -2.35. The number of carboxylic acid groups (broad SMARTS) is 1. The first-order chi connectivity index (χ1) is 11.6. The summed E-state index contributed by atoms with van der Waals surface area (Å²) in [5.74, 6) is -0.981. The first kappa shape index (κ1) is 14.9. The zero-order valence-electron chi connectivity index (χ0n) is 13.4. The fourth-order valence-corrected chi connectivity index (χ4v) is 3.80. The smallest absolute Gasteiger partial charge is 0.335 e. The number of carbonyl (C=O) groups excluding carboxylic acids is 1. The lowest BCUT2D eigenvalue weighted by atomic mass is 9.86. The Kier molecular flexibility index (Phi) is 3.41. The van der Waals surface area contributed by atoms with E-state index in [0.717, 1.165) is 19.4 Å². The van der Waals surface area contributed by atoms with Crippen LogP contribution in [-0.2, 0) is 23.2 Å². The molecule has 4 heteroatoms. The van der Waals surface area contributed by atoms with Crippen molar-refractivity contribution >= 4 is 11.9 Å². The van der Waals surface area contributed by atoms with E-state index in [2.05, 4.69) is 18.2 Å². The van der Waals surface area contributed by atoms with Gasteiger partial charge in [0.1, 0.15) is 0 Å². The molecular formula is C20H19NO3. The van der Waals surface area contributed by atoms with E-state index in [0.29, 0.717) is 12.1 Å². The highest BCUT2D eigenvalue weighted by Crippen LogP contribution is 2.52. The van der Waals surface area contributed by atoms with E-state index in [-0.39, 0.29) is 23.3 Å². The Bertz CT molecular complexity index is 823. The molecule has 1 heterocycles. The van der Waals surface area contributed by atoms with Gasteiger partial charge in [0.15, 0.2) is 0 Å². The van der Waals surface area contributed by atoms with Crippen LogP contribution in [0.25, 0.3) is 0 Å². The lowest BCUT2D eigenvalue weighted by molar-refractivity contribution is -0.132. The molecular weight excluding hydrogens is 302 g/mol. The standard InChI is InChI=1S/C20H19NO3/c22-18(11-14-5-1-3-7-16(14)19(23)24)21-12-15-6-2-4-8-17(15)20(13-21)9-10-20/h1-8H,9-13H2,(H,23,24). The Labute approximate surface area is 140 Å². The minimum atomic E-state index is -0.985. The molecule has 0 unspecified atom stereocenters. The van der Waals surface area contributed by atoms with Crippen molar-refractivity contribution in [2.75, 3.05) is 6.54 Å². The van der Waals surface area contributed by atoms with Crippen LogP contribution in [0.3, 0.4) is 0 Å². The molecule has 0 radical (unpaired) electrons. The van der Waals surface area contributed by atoms with Gasteiger partial charge in [-0.2, -0.15) is 0 Å². The van der Waals surface area contributed by atoms with Crippen molar-refractivity contribution in [1.29, 1.82) is 0 Å². The predicted molar refractivity (Wildman–Crippen MR) is 89.9 cm³/mol. The van der Waals surface area contributed by atoms with Crippen LogP contribution in [0.4, 0.5) is 0 Å². The number of fused-ring (bicyclic) bond motifs is 2. The molecule has 1 aliphatic carbocycles. The third-order valence-corrected chi connectivity index (χ3v) is 5.24. The van der Waals surface area contributed by atoms with Gasteiger partial charge in [-0.05, 0) is 35.6 Å². The van der Waals surface area contributed by atoms with Crippen LogP contribution >= 0.6 is 0 Å². The normalized spacial score (nSPS) is 17.4. The highest BCUT2D eigenvalue weighted by atomic mass is 16.4. The summed E-state index contributed by atoms with van der Waals surface area (Å²) in [6.45, 7) is 1.37. The summed E-state index contributed by atoms with van der Waals surface area (Å²) in [7, 11) is 0. The van der Waals surface area contributed by atoms with E-state index in [9.17, 15) is 14.7 Å². The number of amides is 1. The maximum absolute atomic E-state index is 12.8. The molecule has 4 nitrogen and oxygen atoms in total. The maximum Gasteiger partial charge on any atom is 0.335 e. The van der Waals surface area contributed by atoms with Crippen molar-refractivity contribution in [1.82, 2.24) is 4.90 Å². The molecule has 0 bridgehead atoms. The van der Waals surface area contributed by atoms with E-state index in [1.54, 1.807) is 24.3 Å². The molecule has 1 aliphatic heterocycles. The fraction of sp³-hybridized carbons (Fsp3) is 0.300. The quantitative estimate of drug-likeness (QED) is 0.945. The third-order valence-electron chi connectivity index (χ3n) is 5.24. The summed E-state index contributed by atoms with van der Waals surface area (Å²) in [6.07, 6.45) is 2.39. The Balaban J connectivity index is 1.58. The number of rotatable bonds is 3. The molecule has 122 valence electrons. The Hall–Kier alpha value is -2.62. The van der Waals surface area contributed by atoms with E-state index >= 15 is 0 Å². The Morgan fingerprint density at radius 1 is 1.04 bits per heavy atom. The molecule has 1 amide bonds. The molecule has 2 aromatic rings. The van der Waals surface area contributed by atoms with Gasteiger partial charge in [-0.3, -0.25) is 4.79 Å². The first-order valence-electron chi connectivity index (χ1n) is 8.26. The highest BCUT2D eigenvalue weighted by Gasteiger charge is 2.49. The molecule has 1 N–H and O–H groups in total. The van der Waals surface area contributed by atoms with Gasteiger partial charge < -0.3 is 10.0 Å². The second-order valence-corrected chi connectivity index (χ2v) is 6.83. The molecule has 24 heavy (non-hydrogen) atoms. The molecule has 0 atom stereocenters. The maximum atomic E-state index is 12.8. The number of benzene rings is 2. The van der Waals surface area contributed by atoms with Crippen molar-refractivity contribution in [2.45, 2.75) is 31.2 Å². The molecule has 1 spiro atoms. The zero-order valence-corrected chi connectivity index (χ0v) is 13.4. The topological polar surface area (TPSA) is 57.6 Å². The van der Waals surface area contributed by atoms with Gasteiger partial charge >= 0.3 is 5.97 Å². The predicted octanol–water partition coefficient (Wildman–Crippen LogP) is 3.00. The molecule has 2 aliphatic rings. The second-order valence-electron chi connectivity index (χ2n) is 6.83.